The van der Waals surface area contributed by atoms with Crippen molar-refractivity contribution in [3.63, 3.8) is 0 Å². The Bertz CT molecular complexity index is 763. The topological polar surface area (TPSA) is 125 Å². The summed E-state index contributed by atoms with van der Waals surface area (Å²) in [5.74, 6) is 0.664. The highest BCUT2D eigenvalue weighted by molar-refractivity contribution is 5.95. The third-order valence-corrected chi connectivity index (χ3v) is 4.14. The summed E-state index contributed by atoms with van der Waals surface area (Å²) in [6, 6.07) is 1.83. The normalized spacial score (nSPS) is 13.3. The predicted octanol–water partition coefficient (Wildman–Crippen LogP) is 1.61. The van der Waals surface area contributed by atoms with Gasteiger partial charge in [0, 0.05) is 30.8 Å². The van der Waals surface area contributed by atoms with E-state index in [9.17, 15) is 9.59 Å². The largest absolute Gasteiger partial charge is 0.483 e. The Hall–Kier alpha value is -2.90. The van der Waals surface area contributed by atoms with Crippen LogP contribution in [0.5, 0.6) is 0 Å². The number of imidazole rings is 1. The monoisotopic (exact) mass is 347 g/mol. The van der Waals surface area contributed by atoms with E-state index in [4.69, 9.17) is 14.3 Å². The Morgan fingerprint density at radius 1 is 1.52 bits per heavy atom. The Balaban J connectivity index is 0.000000701. The predicted molar refractivity (Wildman–Crippen MR) is 89.6 cm³/mol. The number of aromatic nitrogens is 2. The van der Waals surface area contributed by atoms with Gasteiger partial charge in [-0.1, -0.05) is 6.42 Å². The van der Waals surface area contributed by atoms with Crippen LogP contribution in [-0.4, -0.2) is 34.0 Å². The zero-order valence-corrected chi connectivity index (χ0v) is 13.9. The number of carboxylic acid groups (broad SMARTS) is 1. The summed E-state index contributed by atoms with van der Waals surface area (Å²) in [5.41, 5.74) is 1.18. The van der Waals surface area contributed by atoms with E-state index in [0.29, 0.717) is 30.2 Å². The molecule has 1 fully saturated rings. The average molecular weight is 347 g/mol. The first-order valence-electron chi connectivity index (χ1n) is 8.04. The minimum absolute atomic E-state index is 0.104. The number of amides is 1. The Morgan fingerprint density at radius 2 is 2.24 bits per heavy atom. The summed E-state index contributed by atoms with van der Waals surface area (Å²) in [5, 5.41) is 9.64. The lowest BCUT2D eigenvalue weighted by Crippen LogP contribution is -2.31. The quantitative estimate of drug-likeness (QED) is 0.706. The third-order valence-electron chi connectivity index (χ3n) is 4.14. The highest BCUT2D eigenvalue weighted by Crippen LogP contribution is 2.36. The fraction of sp³-hybridized carbons (Fsp3) is 0.412. The van der Waals surface area contributed by atoms with Gasteiger partial charge in [-0.05, 0) is 31.4 Å². The molecule has 1 amide bonds. The van der Waals surface area contributed by atoms with Gasteiger partial charge in [-0.3, -0.25) is 9.59 Å². The van der Waals surface area contributed by atoms with Crippen LogP contribution in [0.2, 0.25) is 0 Å². The molecule has 3 N–H and O–H groups in total. The van der Waals surface area contributed by atoms with Crippen molar-refractivity contribution in [2.24, 2.45) is 0 Å². The van der Waals surface area contributed by atoms with E-state index in [1.165, 1.54) is 6.42 Å². The smallest absolute Gasteiger partial charge is 0.349 e. The number of aryl methyl sites for hydroxylation is 1. The molecular formula is C17H21N3O5. The number of hydrogen-bond donors (Lipinski definition) is 3. The van der Waals surface area contributed by atoms with Gasteiger partial charge in [-0.15, -0.1) is 0 Å². The molecule has 8 nitrogen and oxygen atoms in total. The summed E-state index contributed by atoms with van der Waals surface area (Å²) >= 11 is 0. The molecule has 0 bridgehead atoms. The fourth-order valence-corrected chi connectivity index (χ4v) is 2.62. The summed E-state index contributed by atoms with van der Waals surface area (Å²) < 4.78 is 5.33. The molecule has 1 saturated carbocycles. The van der Waals surface area contributed by atoms with Crippen molar-refractivity contribution < 1.29 is 19.1 Å². The van der Waals surface area contributed by atoms with Crippen LogP contribution in [0.4, 0.5) is 0 Å². The number of carbonyl (C=O) groups is 2. The van der Waals surface area contributed by atoms with Gasteiger partial charge in [-0.25, -0.2) is 9.78 Å². The minimum atomic E-state index is -0.541. The molecule has 0 spiro atoms. The molecule has 0 aromatic carbocycles. The molecule has 3 rings (SSSR count). The maximum atomic E-state index is 12.2. The molecule has 0 radical (unpaired) electrons. The van der Waals surface area contributed by atoms with Crippen LogP contribution in [0, 0.1) is 6.92 Å². The second-order valence-electron chi connectivity index (χ2n) is 5.81. The highest BCUT2D eigenvalue weighted by Gasteiger charge is 2.25. The average Bonchev–Trinajstić information content (AvgIpc) is 2.99. The molecule has 2 heterocycles. The number of carbonyl (C=O) groups excluding carboxylic acids is 1. The first-order chi connectivity index (χ1) is 12.1. The maximum absolute atomic E-state index is 12.2. The van der Waals surface area contributed by atoms with Gasteiger partial charge in [0.1, 0.15) is 11.3 Å². The lowest BCUT2D eigenvalue weighted by molar-refractivity contribution is -0.122. The van der Waals surface area contributed by atoms with E-state index in [2.05, 4.69) is 15.3 Å². The van der Waals surface area contributed by atoms with Crippen molar-refractivity contribution in [2.45, 2.75) is 38.5 Å². The van der Waals surface area contributed by atoms with Crippen LogP contribution in [0.1, 0.15) is 52.6 Å². The van der Waals surface area contributed by atoms with Crippen LogP contribution in [0.25, 0.3) is 0 Å². The van der Waals surface area contributed by atoms with E-state index >= 15 is 0 Å². The van der Waals surface area contributed by atoms with Gasteiger partial charge in [-0.2, -0.15) is 0 Å². The molecule has 1 aliphatic carbocycles. The van der Waals surface area contributed by atoms with Crippen LogP contribution < -0.4 is 10.9 Å². The van der Waals surface area contributed by atoms with Crippen LogP contribution in [0.15, 0.2) is 27.8 Å². The van der Waals surface area contributed by atoms with Gasteiger partial charge >= 0.3 is 5.63 Å². The summed E-state index contributed by atoms with van der Waals surface area (Å²) in [6.07, 6.45) is 7.21. The number of H-pyrrole nitrogens is 1. The first-order valence-corrected chi connectivity index (χ1v) is 8.04. The van der Waals surface area contributed by atoms with E-state index < -0.39 is 5.63 Å². The second kappa shape index (κ2) is 8.81. The number of nitrogens with one attached hydrogen (secondary N) is 2. The highest BCUT2D eigenvalue weighted by atomic mass is 16.4. The molecule has 0 aliphatic heterocycles. The molecule has 0 saturated heterocycles. The minimum Gasteiger partial charge on any atom is -0.483 e. The van der Waals surface area contributed by atoms with E-state index in [1.807, 2.05) is 6.07 Å². The van der Waals surface area contributed by atoms with Crippen molar-refractivity contribution in [1.29, 1.82) is 0 Å². The number of rotatable bonds is 5. The van der Waals surface area contributed by atoms with Crippen molar-refractivity contribution in [2.75, 3.05) is 6.54 Å². The number of nitrogens with zero attached hydrogens (tertiary/aromatic N) is 1. The van der Waals surface area contributed by atoms with Crippen molar-refractivity contribution in [3.8, 4) is 0 Å². The summed E-state index contributed by atoms with van der Waals surface area (Å²) in [6.45, 7) is 1.97. The molecule has 2 aromatic heterocycles. The zero-order chi connectivity index (χ0) is 18.2. The number of hydrogen-bond acceptors (Lipinski definition) is 5. The van der Waals surface area contributed by atoms with Crippen LogP contribution >= 0.6 is 0 Å². The zero-order valence-electron chi connectivity index (χ0n) is 13.9. The summed E-state index contributed by atoms with van der Waals surface area (Å²) in [4.78, 5) is 39.5. The Kier molecular flexibility index (Phi) is 6.50. The molecule has 0 atom stereocenters. The Labute approximate surface area is 144 Å². The second-order valence-corrected chi connectivity index (χ2v) is 5.81. The molecule has 0 unspecified atom stereocenters. The number of aromatic amines is 1. The van der Waals surface area contributed by atoms with Crippen molar-refractivity contribution >= 4 is 12.4 Å². The van der Waals surface area contributed by atoms with Gasteiger partial charge in [0.2, 0.25) is 0 Å². The molecule has 25 heavy (non-hydrogen) atoms. The standard InChI is InChI=1S/C16H19N3O3.CH2O2/c1-10-7-13(11-3-2-4-11)22-16(21)14(10)15(20)18-6-5-12-8-17-9-19-12;2-1-3/h7-9,11H,2-6H2,1H3,(H,17,19)(H,18,20);1H,(H,2,3). The lowest BCUT2D eigenvalue weighted by Gasteiger charge is -2.24. The van der Waals surface area contributed by atoms with E-state index in [1.54, 1.807) is 19.4 Å². The van der Waals surface area contributed by atoms with Crippen molar-refractivity contribution in [1.82, 2.24) is 15.3 Å². The molecule has 134 valence electrons. The Morgan fingerprint density at radius 3 is 2.76 bits per heavy atom. The van der Waals surface area contributed by atoms with Crippen molar-refractivity contribution in [3.05, 3.63) is 51.6 Å². The van der Waals surface area contributed by atoms with Crippen LogP contribution in [0.3, 0.4) is 0 Å². The first kappa shape index (κ1) is 18.4. The molecule has 1 aliphatic rings. The van der Waals surface area contributed by atoms with E-state index in [-0.39, 0.29) is 17.9 Å². The van der Waals surface area contributed by atoms with Gasteiger partial charge in [0.25, 0.3) is 12.4 Å². The van der Waals surface area contributed by atoms with E-state index in [0.717, 1.165) is 18.5 Å². The fourth-order valence-electron chi connectivity index (χ4n) is 2.62. The van der Waals surface area contributed by atoms with Gasteiger partial charge in [0.05, 0.1) is 6.33 Å². The maximum Gasteiger partial charge on any atom is 0.349 e. The molecule has 8 heteroatoms. The molecular weight excluding hydrogens is 326 g/mol. The lowest BCUT2D eigenvalue weighted by atomic mass is 9.83. The van der Waals surface area contributed by atoms with Crippen LogP contribution in [-0.2, 0) is 11.2 Å². The molecule has 2 aromatic rings. The summed E-state index contributed by atoms with van der Waals surface area (Å²) in [7, 11) is 0. The third kappa shape index (κ3) is 4.79. The van der Waals surface area contributed by atoms with Gasteiger partial charge < -0.3 is 19.8 Å². The van der Waals surface area contributed by atoms with Gasteiger partial charge in [0.15, 0.2) is 0 Å². The SMILES string of the molecule is Cc1cc(C2CCC2)oc(=O)c1C(=O)NCCc1cnc[nH]1.O=CO.